The first kappa shape index (κ1) is 19.6. The zero-order valence-corrected chi connectivity index (χ0v) is 16.2. The number of ether oxygens (including phenoxy) is 1. The number of aliphatic hydroxyl groups is 1. The van der Waals surface area contributed by atoms with Crippen molar-refractivity contribution in [3.8, 4) is 5.75 Å². The fourth-order valence-electron chi connectivity index (χ4n) is 3.98. The standard InChI is InChI=1S/C23H25FN2O3/c24-20-7-8-22-18(11-20)10-19(15-29-22)23(28)25-12-16-4-1-2-5-17(16)13-26-9-3-6-21(26)14-27/h1-2,4-5,7-8,10-11,21,27H,3,6,9,12-15H2,(H,25,28). The third kappa shape index (κ3) is 4.49. The van der Waals surface area contributed by atoms with Gasteiger partial charge in [-0.3, -0.25) is 9.69 Å². The van der Waals surface area contributed by atoms with Crippen LogP contribution in [0.4, 0.5) is 4.39 Å². The number of hydrogen-bond donors (Lipinski definition) is 2. The normalized spacial score (nSPS) is 18.7. The average molecular weight is 396 g/mol. The van der Waals surface area contributed by atoms with Crippen molar-refractivity contribution < 1.29 is 19.0 Å². The molecule has 0 aromatic heterocycles. The summed E-state index contributed by atoms with van der Waals surface area (Å²) in [6.07, 6.45) is 3.80. The minimum Gasteiger partial charge on any atom is -0.488 e. The van der Waals surface area contributed by atoms with Crippen LogP contribution in [-0.2, 0) is 17.9 Å². The van der Waals surface area contributed by atoms with Gasteiger partial charge in [0.05, 0.1) is 12.2 Å². The van der Waals surface area contributed by atoms with Gasteiger partial charge in [-0.1, -0.05) is 24.3 Å². The molecule has 2 aromatic rings. The number of fused-ring (bicyclic) bond motifs is 1. The highest BCUT2D eigenvalue weighted by atomic mass is 19.1. The van der Waals surface area contributed by atoms with Crippen LogP contribution in [0.15, 0.2) is 48.0 Å². The van der Waals surface area contributed by atoms with Gasteiger partial charge in [0.1, 0.15) is 18.2 Å². The van der Waals surface area contributed by atoms with Gasteiger partial charge in [-0.25, -0.2) is 4.39 Å². The average Bonchev–Trinajstić information content (AvgIpc) is 3.19. The fourth-order valence-corrected chi connectivity index (χ4v) is 3.98. The third-order valence-electron chi connectivity index (χ3n) is 5.62. The highest BCUT2D eigenvalue weighted by molar-refractivity contribution is 5.99. The molecular formula is C23H25FN2O3. The second kappa shape index (κ2) is 8.76. The van der Waals surface area contributed by atoms with Gasteiger partial charge in [-0.05, 0) is 54.8 Å². The van der Waals surface area contributed by atoms with E-state index in [0.29, 0.717) is 23.4 Å². The third-order valence-corrected chi connectivity index (χ3v) is 5.62. The summed E-state index contributed by atoms with van der Waals surface area (Å²) >= 11 is 0. The van der Waals surface area contributed by atoms with Crippen molar-refractivity contribution in [3.05, 3.63) is 70.5 Å². The number of aliphatic hydroxyl groups excluding tert-OH is 1. The van der Waals surface area contributed by atoms with E-state index in [9.17, 15) is 14.3 Å². The summed E-state index contributed by atoms with van der Waals surface area (Å²) in [5.41, 5.74) is 3.24. The lowest BCUT2D eigenvalue weighted by atomic mass is 10.0. The van der Waals surface area contributed by atoms with Crippen molar-refractivity contribution in [1.29, 1.82) is 0 Å². The minimum absolute atomic E-state index is 0.165. The Kier molecular flexibility index (Phi) is 5.92. The summed E-state index contributed by atoms with van der Waals surface area (Å²) in [5.74, 6) is 0.00347. The van der Waals surface area contributed by atoms with Crippen LogP contribution in [0.25, 0.3) is 6.08 Å². The van der Waals surface area contributed by atoms with E-state index in [4.69, 9.17) is 4.74 Å². The largest absolute Gasteiger partial charge is 0.488 e. The molecule has 0 aliphatic carbocycles. The number of hydrogen-bond acceptors (Lipinski definition) is 4. The van der Waals surface area contributed by atoms with Crippen molar-refractivity contribution in [3.63, 3.8) is 0 Å². The van der Waals surface area contributed by atoms with E-state index in [1.165, 1.54) is 12.1 Å². The maximum atomic E-state index is 13.5. The maximum Gasteiger partial charge on any atom is 0.250 e. The zero-order chi connectivity index (χ0) is 20.2. The number of amides is 1. The summed E-state index contributed by atoms with van der Waals surface area (Å²) < 4.78 is 19.0. The highest BCUT2D eigenvalue weighted by Gasteiger charge is 2.24. The number of rotatable bonds is 6. The molecule has 1 atom stereocenters. The second-order valence-electron chi connectivity index (χ2n) is 7.54. The Hall–Kier alpha value is -2.70. The topological polar surface area (TPSA) is 61.8 Å². The van der Waals surface area contributed by atoms with Crippen molar-refractivity contribution in [2.45, 2.75) is 32.0 Å². The Morgan fingerprint density at radius 1 is 1.24 bits per heavy atom. The molecule has 1 amide bonds. The first-order valence-electron chi connectivity index (χ1n) is 9.97. The summed E-state index contributed by atoms with van der Waals surface area (Å²) in [7, 11) is 0. The molecule has 5 nitrogen and oxygen atoms in total. The van der Waals surface area contributed by atoms with E-state index in [2.05, 4.69) is 16.3 Å². The molecule has 2 aliphatic rings. The number of likely N-dealkylation sites (tertiary alicyclic amines) is 1. The molecule has 0 saturated carbocycles. The number of nitrogens with zero attached hydrogens (tertiary/aromatic N) is 1. The fraction of sp³-hybridized carbons (Fsp3) is 0.348. The van der Waals surface area contributed by atoms with Crippen LogP contribution in [0, 0.1) is 5.82 Å². The molecule has 0 bridgehead atoms. The molecule has 0 spiro atoms. The Morgan fingerprint density at radius 3 is 2.90 bits per heavy atom. The van der Waals surface area contributed by atoms with Crippen LogP contribution >= 0.6 is 0 Å². The van der Waals surface area contributed by atoms with Crippen LogP contribution in [0.3, 0.4) is 0 Å². The molecule has 29 heavy (non-hydrogen) atoms. The van der Waals surface area contributed by atoms with Gasteiger partial charge < -0.3 is 15.2 Å². The summed E-state index contributed by atoms with van der Waals surface area (Å²) in [5, 5.41) is 12.5. The number of carbonyl (C=O) groups excluding carboxylic acids is 1. The lowest BCUT2D eigenvalue weighted by Gasteiger charge is -2.24. The van der Waals surface area contributed by atoms with Crippen LogP contribution in [0.2, 0.25) is 0 Å². The van der Waals surface area contributed by atoms with Gasteiger partial charge in [0.2, 0.25) is 0 Å². The molecule has 6 heteroatoms. The minimum atomic E-state index is -0.359. The van der Waals surface area contributed by atoms with Gasteiger partial charge in [0, 0.05) is 24.7 Å². The lowest BCUT2D eigenvalue weighted by Crippen LogP contribution is -2.32. The summed E-state index contributed by atoms with van der Waals surface area (Å²) in [6.45, 7) is 2.48. The van der Waals surface area contributed by atoms with E-state index >= 15 is 0 Å². The van der Waals surface area contributed by atoms with Crippen molar-refractivity contribution in [1.82, 2.24) is 10.2 Å². The van der Waals surface area contributed by atoms with Gasteiger partial charge in [-0.15, -0.1) is 0 Å². The van der Waals surface area contributed by atoms with E-state index in [0.717, 1.165) is 37.1 Å². The Bertz CT molecular complexity index is 928. The molecule has 2 heterocycles. The van der Waals surface area contributed by atoms with Crippen LogP contribution in [0.5, 0.6) is 5.75 Å². The maximum absolute atomic E-state index is 13.5. The van der Waals surface area contributed by atoms with Crippen LogP contribution in [-0.4, -0.2) is 41.7 Å². The van der Waals surface area contributed by atoms with E-state index in [1.54, 1.807) is 12.1 Å². The number of benzene rings is 2. The smallest absolute Gasteiger partial charge is 0.250 e. The van der Waals surface area contributed by atoms with E-state index in [1.807, 2.05) is 18.2 Å². The Labute approximate surface area is 169 Å². The van der Waals surface area contributed by atoms with Gasteiger partial charge in [0.25, 0.3) is 5.91 Å². The monoisotopic (exact) mass is 396 g/mol. The Morgan fingerprint density at radius 2 is 2.07 bits per heavy atom. The van der Waals surface area contributed by atoms with Gasteiger partial charge in [0.15, 0.2) is 0 Å². The quantitative estimate of drug-likeness (QED) is 0.788. The first-order chi connectivity index (χ1) is 14.1. The molecule has 2 aliphatic heterocycles. The van der Waals surface area contributed by atoms with E-state index < -0.39 is 0 Å². The molecule has 1 fully saturated rings. The number of carbonyl (C=O) groups is 1. The molecule has 0 radical (unpaired) electrons. The summed E-state index contributed by atoms with van der Waals surface area (Å²) in [4.78, 5) is 14.9. The molecule has 4 rings (SSSR count). The van der Waals surface area contributed by atoms with E-state index in [-0.39, 0.29) is 31.0 Å². The molecule has 2 N–H and O–H groups in total. The SMILES string of the molecule is O=C(NCc1ccccc1CN1CCCC1CO)C1=Cc2cc(F)ccc2OC1. The van der Waals surface area contributed by atoms with Gasteiger partial charge in [-0.2, -0.15) is 0 Å². The van der Waals surface area contributed by atoms with Crippen molar-refractivity contribution >= 4 is 12.0 Å². The molecule has 1 unspecified atom stereocenters. The summed E-state index contributed by atoms with van der Waals surface area (Å²) in [6, 6.07) is 12.5. The zero-order valence-electron chi connectivity index (χ0n) is 16.2. The molecule has 1 saturated heterocycles. The highest BCUT2D eigenvalue weighted by Crippen LogP contribution is 2.27. The number of nitrogens with one attached hydrogen (secondary N) is 1. The first-order valence-corrected chi connectivity index (χ1v) is 9.97. The van der Waals surface area contributed by atoms with Crippen LogP contribution < -0.4 is 10.1 Å². The van der Waals surface area contributed by atoms with Crippen molar-refractivity contribution in [2.24, 2.45) is 0 Å². The second-order valence-corrected chi connectivity index (χ2v) is 7.54. The molecule has 2 aromatic carbocycles. The number of halogens is 1. The molecule has 152 valence electrons. The Balaban J connectivity index is 1.42. The van der Waals surface area contributed by atoms with Crippen molar-refractivity contribution in [2.75, 3.05) is 19.8 Å². The molecular weight excluding hydrogens is 371 g/mol. The van der Waals surface area contributed by atoms with Crippen LogP contribution in [0.1, 0.15) is 29.5 Å². The van der Waals surface area contributed by atoms with Gasteiger partial charge >= 0.3 is 0 Å². The lowest BCUT2D eigenvalue weighted by molar-refractivity contribution is -0.117. The predicted octanol–water partition coefficient (Wildman–Crippen LogP) is 2.87. The predicted molar refractivity (Wildman–Crippen MR) is 109 cm³/mol.